The number of hydrogen-bond acceptors (Lipinski definition) is 5. The number of hydrogen-bond donors (Lipinski definition) is 0. The first kappa shape index (κ1) is 24.1. The predicted octanol–water partition coefficient (Wildman–Crippen LogP) is 5.04. The summed E-state index contributed by atoms with van der Waals surface area (Å²) in [5, 5.41) is 12.9. The largest absolute Gasteiger partial charge is 0.332 e. The zero-order valence-corrected chi connectivity index (χ0v) is 19.7. The monoisotopic (exact) mass is 465 g/mol. The number of aryl methyl sites for hydroxylation is 1. The average molecular weight is 466 g/mol. The molecule has 0 N–H and O–H groups in total. The topological polar surface area (TPSA) is 83.8 Å². The molecule has 8 heteroatoms. The van der Waals surface area contributed by atoms with Crippen LogP contribution in [-0.2, 0) is 17.9 Å². The lowest BCUT2D eigenvalue weighted by molar-refractivity contribution is -0.384. The van der Waals surface area contributed by atoms with Gasteiger partial charge in [-0.1, -0.05) is 30.3 Å². The Labute approximate surface area is 197 Å². The number of carbonyl (C=O) groups is 2. The fourth-order valence-electron chi connectivity index (χ4n) is 3.40. The number of benzene rings is 2. The molecular formula is C25H27N3O4S. The molecule has 3 aromatic rings. The lowest BCUT2D eigenvalue weighted by Crippen LogP contribution is -2.45. The van der Waals surface area contributed by atoms with E-state index in [9.17, 15) is 19.7 Å². The van der Waals surface area contributed by atoms with Crippen molar-refractivity contribution in [1.29, 1.82) is 0 Å². The van der Waals surface area contributed by atoms with Crippen molar-refractivity contribution in [2.75, 3.05) is 6.54 Å². The van der Waals surface area contributed by atoms with E-state index >= 15 is 0 Å². The van der Waals surface area contributed by atoms with E-state index in [1.54, 1.807) is 16.2 Å². The van der Waals surface area contributed by atoms with Gasteiger partial charge < -0.3 is 9.80 Å². The number of nitro benzene ring substituents is 1. The Bertz CT molecular complexity index is 1110. The van der Waals surface area contributed by atoms with Crippen molar-refractivity contribution in [1.82, 2.24) is 9.80 Å². The summed E-state index contributed by atoms with van der Waals surface area (Å²) < 4.78 is 0. The van der Waals surface area contributed by atoms with Gasteiger partial charge in [-0.25, -0.2) is 0 Å². The van der Waals surface area contributed by atoms with Gasteiger partial charge in [0, 0.05) is 35.2 Å². The molecule has 2 aromatic carbocycles. The van der Waals surface area contributed by atoms with Gasteiger partial charge in [0.05, 0.1) is 11.5 Å². The first-order chi connectivity index (χ1) is 15.8. The maximum atomic E-state index is 13.4. The second kappa shape index (κ2) is 10.9. The highest BCUT2D eigenvalue weighted by Crippen LogP contribution is 2.20. The van der Waals surface area contributed by atoms with Gasteiger partial charge in [-0.15, -0.1) is 11.3 Å². The van der Waals surface area contributed by atoms with Crippen LogP contribution in [0.2, 0.25) is 0 Å². The van der Waals surface area contributed by atoms with E-state index in [0.29, 0.717) is 18.7 Å². The Morgan fingerprint density at radius 3 is 2.21 bits per heavy atom. The van der Waals surface area contributed by atoms with E-state index in [1.165, 1.54) is 29.2 Å². The third-order valence-corrected chi connectivity index (χ3v) is 6.39. The van der Waals surface area contributed by atoms with Gasteiger partial charge in [0.2, 0.25) is 5.91 Å². The van der Waals surface area contributed by atoms with Crippen molar-refractivity contribution in [2.24, 2.45) is 0 Å². The van der Waals surface area contributed by atoms with Crippen LogP contribution in [0, 0.1) is 17.0 Å². The molecule has 0 spiro atoms. The van der Waals surface area contributed by atoms with Crippen LogP contribution in [0.25, 0.3) is 0 Å². The number of carbonyl (C=O) groups excluding carboxylic acids is 2. The molecule has 3 rings (SSSR count). The molecule has 2 amide bonds. The average Bonchev–Trinajstić information content (AvgIpc) is 3.21. The Morgan fingerprint density at radius 1 is 1.00 bits per heavy atom. The second-order valence-corrected chi connectivity index (χ2v) is 9.09. The summed E-state index contributed by atoms with van der Waals surface area (Å²) in [6.07, 6.45) is 0. The van der Waals surface area contributed by atoms with Crippen LogP contribution in [0.5, 0.6) is 0 Å². The number of nitrogens with zero attached hydrogens (tertiary/aromatic N) is 3. The number of thiophene rings is 1. The number of rotatable bonds is 9. The van der Waals surface area contributed by atoms with Gasteiger partial charge in [0.15, 0.2) is 0 Å². The molecule has 1 heterocycles. The molecule has 0 fully saturated rings. The quantitative estimate of drug-likeness (QED) is 0.327. The zero-order valence-electron chi connectivity index (χ0n) is 18.9. The van der Waals surface area contributed by atoms with E-state index in [1.807, 2.05) is 62.5 Å². The Hall–Kier alpha value is -3.52. The van der Waals surface area contributed by atoms with Gasteiger partial charge in [-0.05, 0) is 55.5 Å². The van der Waals surface area contributed by atoms with Gasteiger partial charge in [0.1, 0.15) is 6.54 Å². The zero-order chi connectivity index (χ0) is 24.0. The highest BCUT2D eigenvalue weighted by molar-refractivity contribution is 7.10. The minimum Gasteiger partial charge on any atom is -0.332 e. The molecule has 0 saturated heterocycles. The summed E-state index contributed by atoms with van der Waals surface area (Å²) >= 11 is 1.61. The lowest BCUT2D eigenvalue weighted by atomic mass is 10.1. The Balaban J connectivity index is 1.81. The summed E-state index contributed by atoms with van der Waals surface area (Å²) in [6.45, 7) is 6.55. The first-order valence-corrected chi connectivity index (χ1v) is 11.5. The number of nitro groups is 1. The van der Waals surface area contributed by atoms with E-state index in [0.717, 1.165) is 16.0 Å². The molecule has 0 aliphatic heterocycles. The van der Waals surface area contributed by atoms with E-state index in [-0.39, 0.29) is 30.1 Å². The molecule has 33 heavy (non-hydrogen) atoms. The Kier molecular flexibility index (Phi) is 7.95. The minimum absolute atomic E-state index is 0.0786. The minimum atomic E-state index is -0.508. The predicted molar refractivity (Wildman–Crippen MR) is 129 cm³/mol. The molecule has 0 radical (unpaired) electrons. The van der Waals surface area contributed by atoms with Crippen LogP contribution in [0.1, 0.15) is 40.2 Å². The molecule has 0 aliphatic carbocycles. The maximum absolute atomic E-state index is 13.4. The molecule has 0 bridgehead atoms. The molecule has 172 valence electrons. The van der Waals surface area contributed by atoms with Gasteiger partial charge >= 0.3 is 0 Å². The van der Waals surface area contributed by atoms with Crippen LogP contribution in [0.15, 0.2) is 66.0 Å². The molecule has 0 atom stereocenters. The summed E-state index contributed by atoms with van der Waals surface area (Å²) in [5.74, 6) is -0.490. The van der Waals surface area contributed by atoms with Crippen molar-refractivity contribution in [2.45, 2.75) is 39.9 Å². The van der Waals surface area contributed by atoms with Crippen molar-refractivity contribution in [3.05, 3.63) is 97.7 Å². The Morgan fingerprint density at radius 2 is 1.67 bits per heavy atom. The van der Waals surface area contributed by atoms with Gasteiger partial charge in [0.25, 0.3) is 11.6 Å². The van der Waals surface area contributed by atoms with E-state index < -0.39 is 4.92 Å². The summed E-state index contributed by atoms with van der Waals surface area (Å²) in [7, 11) is 0. The molecule has 7 nitrogen and oxygen atoms in total. The first-order valence-electron chi connectivity index (χ1n) is 10.7. The third kappa shape index (κ3) is 6.26. The molecule has 0 unspecified atom stereocenters. The number of non-ortho nitro benzene ring substituents is 1. The molecule has 0 saturated carbocycles. The molecular weight excluding hydrogens is 438 g/mol. The summed E-state index contributed by atoms with van der Waals surface area (Å²) in [4.78, 5) is 41.4. The van der Waals surface area contributed by atoms with Crippen LogP contribution < -0.4 is 0 Å². The van der Waals surface area contributed by atoms with Gasteiger partial charge in [-0.3, -0.25) is 19.7 Å². The second-order valence-electron chi connectivity index (χ2n) is 8.09. The van der Waals surface area contributed by atoms with Crippen molar-refractivity contribution in [3.8, 4) is 0 Å². The number of amides is 2. The van der Waals surface area contributed by atoms with E-state index in [4.69, 9.17) is 0 Å². The van der Waals surface area contributed by atoms with Gasteiger partial charge in [-0.2, -0.15) is 0 Å². The fraction of sp³-hybridized carbons (Fsp3) is 0.280. The molecule has 1 aromatic heterocycles. The highest BCUT2D eigenvalue weighted by Gasteiger charge is 2.25. The SMILES string of the molecule is Cc1ccsc1CN(Cc1ccccc1)C(=O)CN(C(=O)c1ccc([N+](=O)[O-])cc1)C(C)C. The normalized spacial score (nSPS) is 10.8. The van der Waals surface area contributed by atoms with Crippen LogP contribution in [0.3, 0.4) is 0 Å². The summed E-state index contributed by atoms with van der Waals surface area (Å²) in [5.41, 5.74) is 2.37. The summed E-state index contributed by atoms with van der Waals surface area (Å²) in [6, 6.07) is 17.0. The standard InChI is InChI=1S/C25H27N3O4S/c1-18(2)27(25(30)21-9-11-22(12-10-21)28(31)32)17-24(29)26(15-20-7-5-4-6-8-20)16-23-19(3)13-14-33-23/h4-14,18H,15-17H2,1-3H3. The molecule has 0 aliphatic rings. The van der Waals surface area contributed by atoms with Crippen molar-refractivity contribution < 1.29 is 14.5 Å². The van der Waals surface area contributed by atoms with Crippen LogP contribution in [-0.4, -0.2) is 39.1 Å². The van der Waals surface area contributed by atoms with E-state index in [2.05, 4.69) is 0 Å². The van der Waals surface area contributed by atoms with Crippen LogP contribution >= 0.6 is 11.3 Å². The smallest absolute Gasteiger partial charge is 0.269 e. The van der Waals surface area contributed by atoms with Crippen LogP contribution in [0.4, 0.5) is 5.69 Å². The highest BCUT2D eigenvalue weighted by atomic mass is 32.1. The third-order valence-electron chi connectivity index (χ3n) is 5.39. The lowest BCUT2D eigenvalue weighted by Gasteiger charge is -2.30. The fourth-order valence-corrected chi connectivity index (χ4v) is 4.32. The maximum Gasteiger partial charge on any atom is 0.269 e. The van der Waals surface area contributed by atoms with Crippen molar-refractivity contribution in [3.63, 3.8) is 0 Å². The van der Waals surface area contributed by atoms with Crippen molar-refractivity contribution >= 4 is 28.8 Å².